The normalized spacial score (nSPS) is 18.5. The highest BCUT2D eigenvalue weighted by Crippen LogP contribution is 2.29. The molecule has 0 spiro atoms. The minimum Gasteiger partial charge on any atom is -0.337 e. The molecule has 0 fully saturated rings. The van der Waals surface area contributed by atoms with E-state index in [4.69, 9.17) is 0 Å². The molecule has 2 aromatic rings. The van der Waals surface area contributed by atoms with Gasteiger partial charge in [0, 0.05) is 43.3 Å². The first-order valence-electron chi connectivity index (χ1n) is 7.03. The minimum atomic E-state index is 0.417. The van der Waals surface area contributed by atoms with Gasteiger partial charge in [-0.25, -0.2) is 4.98 Å². The first kappa shape index (κ1) is 12.4. The van der Waals surface area contributed by atoms with Crippen molar-refractivity contribution < 1.29 is 0 Å². The van der Waals surface area contributed by atoms with Gasteiger partial charge in [0.25, 0.3) is 0 Å². The second-order valence-electron chi connectivity index (χ2n) is 5.14. The summed E-state index contributed by atoms with van der Waals surface area (Å²) in [4.78, 5) is 4.36. The third-order valence-corrected chi connectivity index (χ3v) is 3.99. The fourth-order valence-corrected chi connectivity index (χ4v) is 2.88. The molecule has 102 valence electrons. The van der Waals surface area contributed by atoms with Gasteiger partial charge in [-0.3, -0.25) is 4.68 Å². The summed E-state index contributed by atoms with van der Waals surface area (Å²) in [5, 5.41) is 8.11. The molecule has 3 rings (SSSR count). The van der Waals surface area contributed by atoms with Gasteiger partial charge < -0.3 is 9.88 Å². The zero-order chi connectivity index (χ0) is 13.2. The monoisotopic (exact) mass is 259 g/mol. The SMILES string of the molecule is CCn1ncc2c1CCC[C@@H]2NCc1nccn1C. The first-order chi connectivity index (χ1) is 9.29. The fourth-order valence-electron chi connectivity index (χ4n) is 2.88. The summed E-state index contributed by atoms with van der Waals surface area (Å²) in [6.07, 6.45) is 9.44. The first-order valence-corrected chi connectivity index (χ1v) is 7.03. The Balaban J connectivity index is 1.73. The summed E-state index contributed by atoms with van der Waals surface area (Å²) >= 11 is 0. The van der Waals surface area contributed by atoms with Crippen LogP contribution in [0.3, 0.4) is 0 Å². The Hall–Kier alpha value is -1.62. The molecule has 19 heavy (non-hydrogen) atoms. The number of nitrogens with zero attached hydrogens (tertiary/aromatic N) is 4. The Kier molecular flexibility index (Phi) is 3.38. The van der Waals surface area contributed by atoms with Crippen LogP contribution in [0.1, 0.15) is 42.9 Å². The Morgan fingerprint density at radius 1 is 1.47 bits per heavy atom. The zero-order valence-electron chi connectivity index (χ0n) is 11.6. The van der Waals surface area contributed by atoms with E-state index in [2.05, 4.69) is 31.6 Å². The summed E-state index contributed by atoms with van der Waals surface area (Å²) in [6, 6.07) is 0.417. The second kappa shape index (κ2) is 5.17. The van der Waals surface area contributed by atoms with Crippen LogP contribution in [0.5, 0.6) is 0 Å². The maximum Gasteiger partial charge on any atom is 0.122 e. The van der Waals surface area contributed by atoms with Crippen LogP contribution in [0.25, 0.3) is 0 Å². The average molecular weight is 259 g/mol. The van der Waals surface area contributed by atoms with Gasteiger partial charge in [0.2, 0.25) is 0 Å². The summed E-state index contributed by atoms with van der Waals surface area (Å²) in [5.41, 5.74) is 2.79. The van der Waals surface area contributed by atoms with Gasteiger partial charge in [0.15, 0.2) is 0 Å². The molecular weight excluding hydrogens is 238 g/mol. The lowest BCUT2D eigenvalue weighted by Gasteiger charge is -2.24. The number of rotatable bonds is 4. The van der Waals surface area contributed by atoms with Crippen molar-refractivity contribution in [2.45, 2.75) is 45.3 Å². The molecule has 0 bridgehead atoms. The largest absolute Gasteiger partial charge is 0.337 e. The van der Waals surface area contributed by atoms with Crippen molar-refractivity contribution in [3.05, 3.63) is 35.7 Å². The van der Waals surface area contributed by atoms with Crippen molar-refractivity contribution in [1.82, 2.24) is 24.6 Å². The highest BCUT2D eigenvalue weighted by Gasteiger charge is 2.23. The molecular formula is C14H21N5. The van der Waals surface area contributed by atoms with Crippen LogP contribution in [0.2, 0.25) is 0 Å². The standard InChI is InChI=1S/C14H21N5/c1-3-19-13-6-4-5-12(11(13)9-17-19)16-10-14-15-7-8-18(14)2/h7-9,12,16H,3-6,10H2,1-2H3/t12-/m0/s1. The zero-order valence-corrected chi connectivity index (χ0v) is 11.6. The summed E-state index contributed by atoms with van der Waals surface area (Å²) < 4.78 is 4.19. The Morgan fingerprint density at radius 2 is 2.37 bits per heavy atom. The van der Waals surface area contributed by atoms with Gasteiger partial charge in [-0.05, 0) is 26.2 Å². The van der Waals surface area contributed by atoms with E-state index in [0.717, 1.165) is 25.3 Å². The molecule has 5 heteroatoms. The molecule has 0 unspecified atom stereocenters. The molecule has 0 saturated carbocycles. The van der Waals surface area contributed by atoms with Crippen LogP contribution in [-0.2, 0) is 26.6 Å². The Bertz CT molecular complexity index is 554. The van der Waals surface area contributed by atoms with E-state index in [0.29, 0.717) is 6.04 Å². The van der Waals surface area contributed by atoms with E-state index >= 15 is 0 Å². The van der Waals surface area contributed by atoms with E-state index in [1.165, 1.54) is 24.1 Å². The fraction of sp³-hybridized carbons (Fsp3) is 0.571. The van der Waals surface area contributed by atoms with Gasteiger partial charge in [-0.15, -0.1) is 0 Å². The predicted molar refractivity (Wildman–Crippen MR) is 73.6 cm³/mol. The van der Waals surface area contributed by atoms with Crippen LogP contribution < -0.4 is 5.32 Å². The van der Waals surface area contributed by atoms with Crippen molar-refractivity contribution in [3.8, 4) is 0 Å². The summed E-state index contributed by atoms with van der Waals surface area (Å²) in [6.45, 7) is 3.92. The maximum atomic E-state index is 4.48. The summed E-state index contributed by atoms with van der Waals surface area (Å²) in [5.74, 6) is 1.08. The topological polar surface area (TPSA) is 47.7 Å². The maximum absolute atomic E-state index is 4.48. The van der Waals surface area contributed by atoms with Gasteiger partial charge in [0.05, 0.1) is 12.7 Å². The van der Waals surface area contributed by atoms with Crippen LogP contribution in [0.15, 0.2) is 18.6 Å². The molecule has 0 amide bonds. The van der Waals surface area contributed by atoms with E-state index in [1.54, 1.807) is 0 Å². The number of hydrogen-bond acceptors (Lipinski definition) is 3. The lowest BCUT2D eigenvalue weighted by Crippen LogP contribution is -2.26. The molecule has 2 aromatic heterocycles. The van der Waals surface area contributed by atoms with Crippen molar-refractivity contribution in [2.75, 3.05) is 0 Å². The highest BCUT2D eigenvalue weighted by molar-refractivity contribution is 5.25. The predicted octanol–water partition coefficient (Wildman–Crippen LogP) is 1.80. The molecule has 0 radical (unpaired) electrons. The number of aromatic nitrogens is 4. The minimum absolute atomic E-state index is 0.417. The molecule has 2 heterocycles. The van der Waals surface area contributed by atoms with Gasteiger partial charge in [-0.2, -0.15) is 5.10 Å². The molecule has 0 saturated heterocycles. The van der Waals surface area contributed by atoms with E-state index in [-0.39, 0.29) is 0 Å². The van der Waals surface area contributed by atoms with Crippen molar-refractivity contribution >= 4 is 0 Å². The van der Waals surface area contributed by atoms with Crippen LogP contribution in [-0.4, -0.2) is 19.3 Å². The molecule has 1 aliphatic carbocycles. The molecule has 1 N–H and O–H groups in total. The number of fused-ring (bicyclic) bond motifs is 1. The van der Waals surface area contributed by atoms with E-state index in [1.807, 2.05) is 25.6 Å². The second-order valence-corrected chi connectivity index (χ2v) is 5.14. The van der Waals surface area contributed by atoms with Crippen LogP contribution in [0, 0.1) is 0 Å². The van der Waals surface area contributed by atoms with Crippen LogP contribution >= 0.6 is 0 Å². The smallest absolute Gasteiger partial charge is 0.122 e. The van der Waals surface area contributed by atoms with Gasteiger partial charge in [-0.1, -0.05) is 0 Å². The number of hydrogen-bond donors (Lipinski definition) is 1. The number of imidazole rings is 1. The highest BCUT2D eigenvalue weighted by atomic mass is 15.3. The van der Waals surface area contributed by atoms with Crippen molar-refractivity contribution in [2.24, 2.45) is 7.05 Å². The molecule has 1 aliphatic rings. The average Bonchev–Trinajstić information content (AvgIpc) is 3.02. The summed E-state index contributed by atoms with van der Waals surface area (Å²) in [7, 11) is 2.03. The van der Waals surface area contributed by atoms with Crippen molar-refractivity contribution in [3.63, 3.8) is 0 Å². The van der Waals surface area contributed by atoms with E-state index < -0.39 is 0 Å². The molecule has 0 aliphatic heterocycles. The lowest BCUT2D eigenvalue weighted by atomic mass is 9.93. The van der Waals surface area contributed by atoms with Crippen LogP contribution in [0.4, 0.5) is 0 Å². The quantitative estimate of drug-likeness (QED) is 0.911. The number of nitrogens with one attached hydrogen (secondary N) is 1. The lowest BCUT2D eigenvalue weighted by molar-refractivity contribution is 0.440. The number of aryl methyl sites for hydroxylation is 2. The van der Waals surface area contributed by atoms with Gasteiger partial charge >= 0.3 is 0 Å². The Labute approximate surface area is 113 Å². The molecule has 1 atom stereocenters. The van der Waals surface area contributed by atoms with E-state index in [9.17, 15) is 0 Å². The molecule has 0 aromatic carbocycles. The third-order valence-electron chi connectivity index (χ3n) is 3.99. The Morgan fingerprint density at radius 3 is 3.11 bits per heavy atom. The van der Waals surface area contributed by atoms with Crippen molar-refractivity contribution in [1.29, 1.82) is 0 Å². The van der Waals surface area contributed by atoms with Gasteiger partial charge in [0.1, 0.15) is 5.82 Å². The third kappa shape index (κ3) is 2.30. The molecule has 5 nitrogen and oxygen atoms in total.